The van der Waals surface area contributed by atoms with E-state index in [0.717, 1.165) is 0 Å². The van der Waals surface area contributed by atoms with Gasteiger partial charge in [-0.05, 0) is 37.9 Å². The minimum absolute atomic E-state index is 0.00997. The molecule has 0 rings (SSSR count). The van der Waals surface area contributed by atoms with Crippen LogP contribution in [0.5, 0.6) is 0 Å². The summed E-state index contributed by atoms with van der Waals surface area (Å²) < 4.78 is 15.7. The Kier molecular flexibility index (Phi) is 8.05. The van der Waals surface area contributed by atoms with Gasteiger partial charge in [-0.1, -0.05) is 0 Å². The van der Waals surface area contributed by atoms with E-state index in [0.29, 0.717) is 13.2 Å². The SMILES string of the molecule is CC=S(=CCOP(O)(O)=S)(OCC)OCC. The first kappa shape index (κ1) is 16.5. The summed E-state index contributed by atoms with van der Waals surface area (Å²) in [5.41, 5.74) is 0. The standard InChI is InChI=1S/C8H19O5PS2/c1-4-12-16(6-3,13-5-2)8-7-11-14(9,10)15/h6,8H,4-5,7H2,1-3H3,(H2,9,10,15). The fourth-order valence-electron chi connectivity index (χ4n) is 0.953. The topological polar surface area (TPSA) is 68.2 Å². The smallest absolute Gasteiger partial charge is 0.322 e. The van der Waals surface area contributed by atoms with Crippen LogP contribution in [0.15, 0.2) is 0 Å². The van der Waals surface area contributed by atoms with E-state index in [4.69, 9.17) is 22.7 Å². The number of hydrogen-bond donors (Lipinski definition) is 2. The van der Waals surface area contributed by atoms with E-state index in [1.165, 1.54) is 0 Å². The normalized spacial score (nSPS) is 12.6. The van der Waals surface area contributed by atoms with Crippen molar-refractivity contribution in [3.05, 3.63) is 0 Å². The molecule has 0 bridgehead atoms. The molecule has 0 fully saturated rings. The highest BCUT2D eigenvalue weighted by atomic mass is 32.5. The van der Waals surface area contributed by atoms with Crippen LogP contribution in [0.25, 0.3) is 0 Å². The molecule has 0 amide bonds. The van der Waals surface area contributed by atoms with Crippen molar-refractivity contribution < 1.29 is 22.7 Å². The van der Waals surface area contributed by atoms with Crippen LogP contribution in [0.1, 0.15) is 20.8 Å². The molecule has 2 N–H and O–H groups in total. The molecule has 0 atom stereocenters. The van der Waals surface area contributed by atoms with Gasteiger partial charge in [0.1, 0.15) is 0 Å². The molecule has 0 aliphatic carbocycles. The third-order valence-corrected chi connectivity index (χ3v) is 4.74. The minimum atomic E-state index is -3.61. The highest BCUT2D eigenvalue weighted by Crippen LogP contribution is 2.36. The van der Waals surface area contributed by atoms with Crippen LogP contribution in [0.4, 0.5) is 0 Å². The maximum Gasteiger partial charge on any atom is 0.322 e. The highest BCUT2D eigenvalue weighted by molar-refractivity contribution is 8.21. The third kappa shape index (κ3) is 6.98. The quantitative estimate of drug-likeness (QED) is 0.547. The van der Waals surface area contributed by atoms with Crippen molar-refractivity contribution in [3.63, 3.8) is 0 Å². The molecule has 0 unspecified atom stereocenters. The van der Waals surface area contributed by atoms with E-state index < -0.39 is 16.5 Å². The summed E-state index contributed by atoms with van der Waals surface area (Å²) in [6.45, 7) is 2.94. The Morgan fingerprint density at radius 2 is 1.75 bits per heavy atom. The summed E-state index contributed by atoms with van der Waals surface area (Å²) in [5, 5.41) is 3.45. The van der Waals surface area contributed by atoms with E-state index in [2.05, 4.69) is 11.8 Å². The Morgan fingerprint density at radius 1 is 1.25 bits per heavy atom. The lowest BCUT2D eigenvalue weighted by molar-refractivity contribution is 0.286. The van der Waals surface area contributed by atoms with Crippen molar-refractivity contribution in [3.8, 4) is 0 Å². The first-order valence-corrected chi connectivity index (χ1v) is 9.07. The first-order valence-electron chi connectivity index (χ1n) is 4.84. The van der Waals surface area contributed by atoms with Gasteiger partial charge in [0.2, 0.25) is 0 Å². The third-order valence-electron chi connectivity index (χ3n) is 1.48. The fourth-order valence-corrected chi connectivity index (χ4v) is 3.23. The van der Waals surface area contributed by atoms with Gasteiger partial charge in [-0.2, -0.15) is 0 Å². The van der Waals surface area contributed by atoms with Crippen LogP contribution in [0, 0.1) is 0 Å². The van der Waals surface area contributed by atoms with E-state index in [-0.39, 0.29) is 6.61 Å². The van der Waals surface area contributed by atoms with Gasteiger partial charge in [-0.25, -0.2) is 0 Å². The average Bonchev–Trinajstić information content (AvgIpc) is 2.16. The maximum absolute atomic E-state index is 8.90. The second kappa shape index (κ2) is 7.79. The van der Waals surface area contributed by atoms with Crippen LogP contribution in [-0.4, -0.2) is 40.3 Å². The van der Waals surface area contributed by atoms with Gasteiger partial charge in [0.15, 0.2) is 0 Å². The monoisotopic (exact) mass is 290 g/mol. The number of hydrogen-bond acceptors (Lipinski definition) is 4. The van der Waals surface area contributed by atoms with E-state index >= 15 is 0 Å². The molecule has 0 aromatic rings. The summed E-state index contributed by atoms with van der Waals surface area (Å²) in [7, 11) is -1.88. The largest absolute Gasteiger partial charge is 0.325 e. The molecule has 0 saturated heterocycles. The van der Waals surface area contributed by atoms with Crippen molar-refractivity contribution in [2.45, 2.75) is 20.8 Å². The molecule has 0 aromatic carbocycles. The van der Waals surface area contributed by atoms with E-state index in [1.807, 2.05) is 26.1 Å². The van der Waals surface area contributed by atoms with Gasteiger partial charge in [0, 0.05) is 15.1 Å². The van der Waals surface area contributed by atoms with Gasteiger partial charge in [-0.3, -0.25) is 0 Å². The summed E-state index contributed by atoms with van der Waals surface area (Å²) in [4.78, 5) is 17.8. The van der Waals surface area contributed by atoms with E-state index in [1.54, 1.807) is 5.37 Å². The molecule has 0 aliphatic rings. The second-order valence-electron chi connectivity index (χ2n) is 2.59. The number of rotatable bonds is 7. The van der Waals surface area contributed by atoms with Gasteiger partial charge >= 0.3 is 6.72 Å². The highest BCUT2D eigenvalue weighted by Gasteiger charge is 2.07. The predicted octanol–water partition coefficient (Wildman–Crippen LogP) is 1.54. The maximum atomic E-state index is 8.90. The summed E-state index contributed by atoms with van der Waals surface area (Å²) in [5.74, 6) is 0. The average molecular weight is 290 g/mol. The Labute approximate surface area is 102 Å². The zero-order valence-electron chi connectivity index (χ0n) is 9.66. The van der Waals surface area contributed by atoms with Gasteiger partial charge in [0.25, 0.3) is 0 Å². The van der Waals surface area contributed by atoms with Crippen molar-refractivity contribution >= 4 is 39.0 Å². The molecule has 8 heteroatoms. The molecule has 5 nitrogen and oxygen atoms in total. The summed E-state index contributed by atoms with van der Waals surface area (Å²) >= 11 is 4.34. The van der Waals surface area contributed by atoms with Gasteiger partial charge in [-0.15, -0.1) is 0 Å². The van der Waals surface area contributed by atoms with Crippen molar-refractivity contribution in [1.82, 2.24) is 0 Å². The van der Waals surface area contributed by atoms with Crippen molar-refractivity contribution in [2.24, 2.45) is 0 Å². The second-order valence-corrected chi connectivity index (χ2v) is 7.71. The van der Waals surface area contributed by atoms with Crippen LogP contribution in [-0.2, 0) is 24.7 Å². The summed E-state index contributed by atoms with van der Waals surface area (Å²) in [6, 6.07) is 0. The molecule has 98 valence electrons. The zero-order valence-corrected chi connectivity index (χ0v) is 12.2. The lowest BCUT2D eigenvalue weighted by Gasteiger charge is -2.18. The van der Waals surface area contributed by atoms with Crippen LogP contribution in [0.2, 0.25) is 0 Å². The molecular weight excluding hydrogens is 271 g/mol. The molecule has 0 aromatic heterocycles. The molecule has 0 saturated carbocycles. The van der Waals surface area contributed by atoms with Gasteiger partial charge < -0.3 is 22.7 Å². The Bertz CT molecular complexity index is 341. The van der Waals surface area contributed by atoms with E-state index in [9.17, 15) is 0 Å². The molecule has 0 heterocycles. The first-order chi connectivity index (χ1) is 7.39. The Hall–Kier alpha value is 0.540. The van der Waals surface area contributed by atoms with Crippen LogP contribution in [0.3, 0.4) is 0 Å². The summed E-state index contributed by atoms with van der Waals surface area (Å²) in [6.07, 6.45) is 0. The molecule has 16 heavy (non-hydrogen) atoms. The molecule has 0 aliphatic heterocycles. The van der Waals surface area contributed by atoms with Gasteiger partial charge in [0.05, 0.1) is 19.8 Å². The minimum Gasteiger partial charge on any atom is -0.325 e. The molecule has 0 radical (unpaired) electrons. The lowest BCUT2D eigenvalue weighted by atomic mass is 10.9. The lowest BCUT2D eigenvalue weighted by Crippen LogP contribution is -2.02. The Balaban J connectivity index is 4.76. The van der Waals surface area contributed by atoms with Crippen molar-refractivity contribution in [1.29, 1.82) is 0 Å². The van der Waals surface area contributed by atoms with Crippen LogP contribution < -0.4 is 0 Å². The molecular formula is C8H19O5PS2. The Morgan fingerprint density at radius 3 is 2.06 bits per heavy atom. The predicted molar refractivity (Wildman–Crippen MR) is 73.3 cm³/mol. The fraction of sp³-hybridized carbons (Fsp3) is 0.750. The van der Waals surface area contributed by atoms with Crippen LogP contribution >= 0.6 is 16.5 Å². The zero-order chi connectivity index (χ0) is 12.7. The molecule has 0 spiro atoms. The van der Waals surface area contributed by atoms with Crippen molar-refractivity contribution in [2.75, 3.05) is 19.8 Å².